The standard InChI is InChI=1S/C14H19NO3S/c1-8(14(17)18)9(2)15-13(16)12-7-10-5-3-4-6-11(10)19-12/h7-9H,3-6H2,1-2H3,(H,15,16)(H,17,18). The average molecular weight is 281 g/mol. The summed E-state index contributed by atoms with van der Waals surface area (Å²) in [5.41, 5.74) is 1.29. The van der Waals surface area contributed by atoms with Crippen LogP contribution in [0.1, 0.15) is 46.8 Å². The highest BCUT2D eigenvalue weighted by atomic mass is 32.1. The number of carboxylic acid groups (broad SMARTS) is 1. The molecule has 0 bridgehead atoms. The fraction of sp³-hybridized carbons (Fsp3) is 0.571. The molecule has 2 atom stereocenters. The van der Waals surface area contributed by atoms with Crippen molar-refractivity contribution in [3.63, 3.8) is 0 Å². The van der Waals surface area contributed by atoms with Gasteiger partial charge in [-0.05, 0) is 51.2 Å². The SMILES string of the molecule is CC(NC(=O)c1cc2c(s1)CCCC2)C(C)C(=O)O. The van der Waals surface area contributed by atoms with E-state index in [0.29, 0.717) is 4.88 Å². The summed E-state index contributed by atoms with van der Waals surface area (Å²) in [6, 6.07) is 1.59. The van der Waals surface area contributed by atoms with Crippen molar-refractivity contribution in [1.29, 1.82) is 0 Å². The number of amides is 1. The molecule has 1 heterocycles. The number of carbonyl (C=O) groups excluding carboxylic acids is 1. The fourth-order valence-corrected chi connectivity index (χ4v) is 3.38. The van der Waals surface area contributed by atoms with Crippen LogP contribution in [0.4, 0.5) is 0 Å². The number of carboxylic acids is 1. The Morgan fingerprint density at radius 2 is 2.00 bits per heavy atom. The smallest absolute Gasteiger partial charge is 0.308 e. The molecule has 19 heavy (non-hydrogen) atoms. The molecule has 0 fully saturated rings. The van der Waals surface area contributed by atoms with Crippen LogP contribution in [0, 0.1) is 5.92 Å². The lowest BCUT2D eigenvalue weighted by atomic mass is 9.99. The van der Waals surface area contributed by atoms with Crippen molar-refractivity contribution in [1.82, 2.24) is 5.32 Å². The van der Waals surface area contributed by atoms with E-state index in [2.05, 4.69) is 5.32 Å². The van der Waals surface area contributed by atoms with Gasteiger partial charge in [-0.2, -0.15) is 0 Å². The van der Waals surface area contributed by atoms with Gasteiger partial charge in [0.1, 0.15) is 0 Å². The quantitative estimate of drug-likeness (QED) is 0.891. The first kappa shape index (κ1) is 14.1. The molecule has 1 aliphatic rings. The van der Waals surface area contributed by atoms with E-state index < -0.39 is 11.9 Å². The lowest BCUT2D eigenvalue weighted by Crippen LogP contribution is -2.39. The second-order valence-corrected chi connectivity index (χ2v) is 6.29. The van der Waals surface area contributed by atoms with Gasteiger partial charge in [0.05, 0.1) is 10.8 Å². The van der Waals surface area contributed by atoms with Gasteiger partial charge in [0.15, 0.2) is 0 Å². The highest BCUT2D eigenvalue weighted by Gasteiger charge is 2.23. The molecule has 2 rings (SSSR count). The minimum absolute atomic E-state index is 0.153. The molecule has 1 aromatic heterocycles. The molecule has 2 N–H and O–H groups in total. The maximum absolute atomic E-state index is 12.1. The summed E-state index contributed by atoms with van der Waals surface area (Å²) in [6.45, 7) is 3.33. The number of fused-ring (bicyclic) bond motifs is 1. The molecule has 2 unspecified atom stereocenters. The van der Waals surface area contributed by atoms with E-state index >= 15 is 0 Å². The first-order valence-corrected chi connectivity index (χ1v) is 7.46. The molecule has 104 valence electrons. The van der Waals surface area contributed by atoms with Crippen LogP contribution < -0.4 is 5.32 Å². The number of carbonyl (C=O) groups is 2. The third-order valence-electron chi connectivity index (χ3n) is 3.72. The van der Waals surface area contributed by atoms with Gasteiger partial charge in [-0.25, -0.2) is 0 Å². The molecule has 1 amide bonds. The Kier molecular flexibility index (Phi) is 4.24. The number of aliphatic carboxylic acids is 1. The van der Waals surface area contributed by atoms with Crippen molar-refractivity contribution in [2.75, 3.05) is 0 Å². The lowest BCUT2D eigenvalue weighted by molar-refractivity contribution is -0.141. The summed E-state index contributed by atoms with van der Waals surface area (Å²) in [5.74, 6) is -1.63. The van der Waals surface area contributed by atoms with Gasteiger partial charge in [0.2, 0.25) is 0 Å². The van der Waals surface area contributed by atoms with Crippen LogP contribution >= 0.6 is 11.3 Å². The third-order valence-corrected chi connectivity index (χ3v) is 4.95. The molecule has 4 nitrogen and oxygen atoms in total. The molecule has 0 aromatic carbocycles. The summed E-state index contributed by atoms with van der Waals surface area (Å²) in [5, 5.41) is 11.7. The monoisotopic (exact) mass is 281 g/mol. The van der Waals surface area contributed by atoms with Crippen LogP contribution in [0.2, 0.25) is 0 Å². The lowest BCUT2D eigenvalue weighted by Gasteiger charge is -2.17. The van der Waals surface area contributed by atoms with E-state index in [9.17, 15) is 9.59 Å². The second kappa shape index (κ2) is 5.74. The van der Waals surface area contributed by atoms with Crippen LogP contribution in [-0.2, 0) is 17.6 Å². The largest absolute Gasteiger partial charge is 0.481 e. The minimum Gasteiger partial charge on any atom is -0.481 e. The van der Waals surface area contributed by atoms with Crippen molar-refractivity contribution in [2.24, 2.45) is 5.92 Å². The zero-order chi connectivity index (χ0) is 14.0. The third kappa shape index (κ3) is 3.15. The summed E-state index contributed by atoms with van der Waals surface area (Å²) >= 11 is 1.55. The van der Waals surface area contributed by atoms with E-state index in [1.54, 1.807) is 25.2 Å². The Hall–Kier alpha value is -1.36. The normalized spacial score (nSPS) is 17.4. The van der Waals surface area contributed by atoms with E-state index in [4.69, 9.17) is 5.11 Å². The number of rotatable bonds is 4. The van der Waals surface area contributed by atoms with Crippen LogP contribution in [0.25, 0.3) is 0 Å². The van der Waals surface area contributed by atoms with E-state index in [1.807, 2.05) is 6.07 Å². The van der Waals surface area contributed by atoms with Crippen molar-refractivity contribution in [2.45, 2.75) is 45.6 Å². The van der Waals surface area contributed by atoms with Crippen LogP contribution in [0.15, 0.2) is 6.07 Å². The van der Waals surface area contributed by atoms with Crippen molar-refractivity contribution >= 4 is 23.2 Å². The van der Waals surface area contributed by atoms with Crippen LogP contribution in [0.3, 0.4) is 0 Å². The van der Waals surface area contributed by atoms with E-state index in [1.165, 1.54) is 23.3 Å². The average Bonchev–Trinajstić information content (AvgIpc) is 2.81. The fourth-order valence-electron chi connectivity index (χ4n) is 2.22. The Labute approximate surface area is 116 Å². The van der Waals surface area contributed by atoms with Crippen molar-refractivity contribution in [3.8, 4) is 0 Å². The highest BCUT2D eigenvalue weighted by Crippen LogP contribution is 2.29. The molecule has 5 heteroatoms. The molecular weight excluding hydrogens is 262 g/mol. The number of hydrogen-bond donors (Lipinski definition) is 2. The summed E-state index contributed by atoms with van der Waals surface area (Å²) in [4.78, 5) is 25.0. The summed E-state index contributed by atoms with van der Waals surface area (Å²) < 4.78 is 0. The van der Waals surface area contributed by atoms with Crippen LogP contribution in [0.5, 0.6) is 0 Å². The minimum atomic E-state index is -0.890. The van der Waals surface area contributed by atoms with Gasteiger partial charge in [-0.3, -0.25) is 9.59 Å². The van der Waals surface area contributed by atoms with Crippen molar-refractivity contribution < 1.29 is 14.7 Å². The first-order chi connectivity index (χ1) is 8.99. The Balaban J connectivity index is 2.04. The van der Waals surface area contributed by atoms with Gasteiger partial charge < -0.3 is 10.4 Å². The molecular formula is C14H19NO3S. The van der Waals surface area contributed by atoms with Gasteiger partial charge in [0.25, 0.3) is 5.91 Å². The predicted molar refractivity (Wildman–Crippen MR) is 74.7 cm³/mol. The Morgan fingerprint density at radius 1 is 1.32 bits per heavy atom. The molecule has 1 aliphatic carbocycles. The van der Waals surface area contributed by atoms with Gasteiger partial charge in [-0.15, -0.1) is 11.3 Å². The zero-order valence-corrected chi connectivity index (χ0v) is 12.0. The maximum Gasteiger partial charge on any atom is 0.308 e. The van der Waals surface area contributed by atoms with Crippen molar-refractivity contribution in [3.05, 3.63) is 21.4 Å². The number of aryl methyl sites for hydroxylation is 2. The molecule has 0 spiro atoms. The molecule has 0 saturated carbocycles. The highest BCUT2D eigenvalue weighted by molar-refractivity contribution is 7.14. The van der Waals surface area contributed by atoms with Crippen LogP contribution in [-0.4, -0.2) is 23.0 Å². The molecule has 0 radical (unpaired) electrons. The maximum atomic E-state index is 12.1. The summed E-state index contributed by atoms with van der Waals surface area (Å²) in [6.07, 6.45) is 4.51. The predicted octanol–water partition coefficient (Wildman–Crippen LogP) is 2.47. The number of hydrogen-bond acceptors (Lipinski definition) is 3. The Bertz CT molecular complexity index is 471. The van der Waals surface area contributed by atoms with Gasteiger partial charge >= 0.3 is 5.97 Å². The number of nitrogens with one attached hydrogen (secondary N) is 1. The zero-order valence-electron chi connectivity index (χ0n) is 11.2. The second-order valence-electron chi connectivity index (χ2n) is 5.16. The first-order valence-electron chi connectivity index (χ1n) is 6.64. The molecule has 1 aromatic rings. The topological polar surface area (TPSA) is 66.4 Å². The van der Waals surface area contributed by atoms with Gasteiger partial charge in [-0.1, -0.05) is 0 Å². The van der Waals surface area contributed by atoms with E-state index in [-0.39, 0.29) is 11.9 Å². The summed E-state index contributed by atoms with van der Waals surface area (Å²) in [7, 11) is 0. The Morgan fingerprint density at radius 3 is 2.63 bits per heavy atom. The van der Waals surface area contributed by atoms with E-state index in [0.717, 1.165) is 12.8 Å². The van der Waals surface area contributed by atoms with Gasteiger partial charge in [0, 0.05) is 10.9 Å². The molecule has 0 saturated heterocycles. The molecule has 0 aliphatic heterocycles. The number of thiophene rings is 1.